The van der Waals surface area contributed by atoms with E-state index in [-0.39, 0.29) is 12.3 Å². The Labute approximate surface area is 169 Å². The quantitative estimate of drug-likeness (QED) is 0.801. The third-order valence-corrected chi connectivity index (χ3v) is 4.55. The molecule has 0 bridgehead atoms. The van der Waals surface area contributed by atoms with Gasteiger partial charge in [0.2, 0.25) is 11.8 Å². The number of amides is 3. The summed E-state index contributed by atoms with van der Waals surface area (Å²) in [6.07, 6.45) is -0.233. The molecule has 0 saturated carbocycles. The van der Waals surface area contributed by atoms with Crippen LogP contribution in [0.15, 0.2) is 34.7 Å². The predicted octanol–water partition coefficient (Wildman–Crippen LogP) is 2.39. The molecular weight excluding hydrogens is 374 g/mol. The van der Waals surface area contributed by atoms with Gasteiger partial charge in [-0.3, -0.25) is 9.59 Å². The SMILES string of the molecule is CN1C(=O)Cc2ccc(-c3ccc(C[C@H](NC(=O)OC(C)(C)C)C(N)=O)o3)cc21. The summed E-state index contributed by atoms with van der Waals surface area (Å²) in [6.45, 7) is 5.19. The van der Waals surface area contributed by atoms with E-state index in [9.17, 15) is 14.4 Å². The summed E-state index contributed by atoms with van der Waals surface area (Å²) >= 11 is 0. The minimum atomic E-state index is -0.965. The number of ether oxygens (including phenoxy) is 1. The number of nitrogens with two attached hydrogens (primary N) is 1. The number of likely N-dealkylation sites (N-methyl/N-ethyl adjacent to an activating group) is 1. The monoisotopic (exact) mass is 399 g/mol. The van der Waals surface area contributed by atoms with Crippen molar-refractivity contribution in [2.45, 2.75) is 45.3 Å². The number of nitrogens with one attached hydrogen (secondary N) is 1. The lowest BCUT2D eigenvalue weighted by molar-refractivity contribution is -0.120. The zero-order chi connectivity index (χ0) is 21.3. The van der Waals surface area contributed by atoms with E-state index in [1.807, 2.05) is 18.2 Å². The van der Waals surface area contributed by atoms with E-state index in [2.05, 4.69) is 5.32 Å². The molecular formula is C21H25N3O5. The number of carbonyl (C=O) groups is 3. The minimum Gasteiger partial charge on any atom is -0.461 e. The number of fused-ring (bicyclic) bond motifs is 1. The van der Waals surface area contributed by atoms with Gasteiger partial charge >= 0.3 is 6.09 Å². The Balaban J connectivity index is 1.73. The third kappa shape index (κ3) is 4.77. The number of rotatable bonds is 5. The van der Waals surface area contributed by atoms with E-state index in [1.54, 1.807) is 44.9 Å². The van der Waals surface area contributed by atoms with Crippen molar-refractivity contribution in [2.75, 3.05) is 11.9 Å². The molecule has 0 unspecified atom stereocenters. The fourth-order valence-corrected chi connectivity index (χ4v) is 3.11. The first-order valence-corrected chi connectivity index (χ1v) is 9.31. The van der Waals surface area contributed by atoms with Crippen LogP contribution in [0.5, 0.6) is 0 Å². The van der Waals surface area contributed by atoms with Crippen molar-refractivity contribution in [3.05, 3.63) is 41.7 Å². The predicted molar refractivity (Wildman–Crippen MR) is 107 cm³/mol. The standard InChI is InChI=1S/C21H25N3O5/c1-21(2,3)29-20(27)23-15(19(22)26)11-14-7-8-17(28-14)13-6-5-12-10-18(25)24(4)16(12)9-13/h5-9,15H,10-11H2,1-4H3,(H2,22,26)(H,23,27)/t15-/m0/s1. The number of hydrogen-bond acceptors (Lipinski definition) is 5. The van der Waals surface area contributed by atoms with Gasteiger partial charge in [0.25, 0.3) is 0 Å². The molecule has 1 atom stereocenters. The largest absolute Gasteiger partial charge is 0.461 e. The van der Waals surface area contributed by atoms with E-state index in [1.165, 1.54) is 0 Å². The Morgan fingerprint density at radius 2 is 2.00 bits per heavy atom. The van der Waals surface area contributed by atoms with Gasteiger partial charge in [-0.05, 0) is 44.5 Å². The van der Waals surface area contributed by atoms with Crippen molar-refractivity contribution in [1.82, 2.24) is 5.32 Å². The van der Waals surface area contributed by atoms with Crippen LogP contribution in [0.3, 0.4) is 0 Å². The molecule has 8 heteroatoms. The number of hydrogen-bond donors (Lipinski definition) is 2. The Bertz CT molecular complexity index is 957. The van der Waals surface area contributed by atoms with Crippen LogP contribution in [0.2, 0.25) is 0 Å². The molecule has 8 nitrogen and oxygen atoms in total. The summed E-state index contributed by atoms with van der Waals surface area (Å²) in [5.41, 5.74) is 7.37. The highest BCUT2D eigenvalue weighted by molar-refractivity contribution is 6.01. The molecule has 3 amide bonds. The lowest BCUT2D eigenvalue weighted by Crippen LogP contribution is -2.47. The second-order valence-corrected chi connectivity index (χ2v) is 8.04. The molecule has 1 aromatic heterocycles. The molecule has 0 radical (unpaired) electrons. The average molecular weight is 399 g/mol. The van der Waals surface area contributed by atoms with Crippen LogP contribution < -0.4 is 16.0 Å². The highest BCUT2D eigenvalue weighted by atomic mass is 16.6. The third-order valence-electron chi connectivity index (χ3n) is 4.55. The number of benzene rings is 1. The van der Waals surface area contributed by atoms with Crippen molar-refractivity contribution in [3.8, 4) is 11.3 Å². The lowest BCUT2D eigenvalue weighted by atomic mass is 10.1. The number of nitrogens with zero attached hydrogens (tertiary/aromatic N) is 1. The zero-order valence-electron chi connectivity index (χ0n) is 16.9. The van der Waals surface area contributed by atoms with E-state index >= 15 is 0 Å². The molecule has 1 aromatic carbocycles. The van der Waals surface area contributed by atoms with Crippen LogP contribution in [0, 0.1) is 0 Å². The highest BCUT2D eigenvalue weighted by Crippen LogP contribution is 2.33. The summed E-state index contributed by atoms with van der Waals surface area (Å²) in [4.78, 5) is 37.2. The Kier molecular flexibility index (Phi) is 5.37. The van der Waals surface area contributed by atoms with Crippen LogP contribution in [0.25, 0.3) is 11.3 Å². The molecule has 3 rings (SSSR count). The fraction of sp³-hybridized carbons (Fsp3) is 0.381. The maximum atomic E-state index is 12.0. The number of anilines is 1. The summed E-state index contributed by atoms with van der Waals surface area (Å²) < 4.78 is 11.0. The summed E-state index contributed by atoms with van der Waals surface area (Å²) in [7, 11) is 1.74. The van der Waals surface area contributed by atoms with Crippen molar-refractivity contribution < 1.29 is 23.5 Å². The van der Waals surface area contributed by atoms with E-state index in [0.29, 0.717) is 17.9 Å². The van der Waals surface area contributed by atoms with Gasteiger partial charge in [0.1, 0.15) is 23.2 Å². The topological polar surface area (TPSA) is 115 Å². The normalized spacial score (nSPS) is 14.5. The van der Waals surface area contributed by atoms with Crippen LogP contribution in [-0.2, 0) is 27.2 Å². The van der Waals surface area contributed by atoms with Crippen LogP contribution >= 0.6 is 0 Å². The van der Waals surface area contributed by atoms with Crippen LogP contribution in [-0.4, -0.2) is 36.6 Å². The van der Waals surface area contributed by atoms with Crippen molar-refractivity contribution in [1.29, 1.82) is 0 Å². The van der Waals surface area contributed by atoms with E-state index < -0.39 is 23.6 Å². The number of carbonyl (C=O) groups excluding carboxylic acids is 3. The Morgan fingerprint density at radius 1 is 1.28 bits per heavy atom. The van der Waals surface area contributed by atoms with Gasteiger partial charge in [-0.2, -0.15) is 0 Å². The van der Waals surface area contributed by atoms with Crippen LogP contribution in [0.1, 0.15) is 32.1 Å². The van der Waals surface area contributed by atoms with E-state index in [4.69, 9.17) is 14.9 Å². The number of alkyl carbamates (subject to hydrolysis) is 1. The Morgan fingerprint density at radius 3 is 2.66 bits per heavy atom. The number of furan rings is 1. The van der Waals surface area contributed by atoms with Gasteiger partial charge in [0, 0.05) is 24.7 Å². The number of primary amides is 1. The van der Waals surface area contributed by atoms with Gasteiger partial charge in [-0.1, -0.05) is 12.1 Å². The van der Waals surface area contributed by atoms with Gasteiger partial charge in [0.05, 0.1) is 6.42 Å². The van der Waals surface area contributed by atoms with Gasteiger partial charge in [-0.15, -0.1) is 0 Å². The molecule has 154 valence electrons. The van der Waals surface area contributed by atoms with Gasteiger partial charge in [-0.25, -0.2) is 4.79 Å². The second kappa shape index (κ2) is 7.62. The van der Waals surface area contributed by atoms with Gasteiger partial charge < -0.3 is 25.1 Å². The molecule has 0 saturated heterocycles. The van der Waals surface area contributed by atoms with Crippen LogP contribution in [0.4, 0.5) is 10.5 Å². The molecule has 29 heavy (non-hydrogen) atoms. The van der Waals surface area contributed by atoms with E-state index in [0.717, 1.165) is 16.8 Å². The smallest absolute Gasteiger partial charge is 0.408 e. The molecule has 0 spiro atoms. The van der Waals surface area contributed by atoms with Crippen molar-refractivity contribution in [3.63, 3.8) is 0 Å². The molecule has 2 aromatic rings. The first-order valence-electron chi connectivity index (χ1n) is 9.31. The van der Waals surface area contributed by atoms with Crippen molar-refractivity contribution >= 4 is 23.6 Å². The zero-order valence-corrected chi connectivity index (χ0v) is 16.9. The molecule has 2 heterocycles. The minimum absolute atomic E-state index is 0.0507. The molecule has 1 aliphatic rings. The lowest BCUT2D eigenvalue weighted by Gasteiger charge is -2.22. The first kappa shape index (κ1) is 20.4. The van der Waals surface area contributed by atoms with Crippen molar-refractivity contribution in [2.24, 2.45) is 5.73 Å². The highest BCUT2D eigenvalue weighted by Gasteiger charge is 2.26. The maximum Gasteiger partial charge on any atom is 0.408 e. The first-order chi connectivity index (χ1) is 13.5. The molecule has 3 N–H and O–H groups in total. The Hall–Kier alpha value is -3.29. The summed E-state index contributed by atoms with van der Waals surface area (Å²) in [6, 6.07) is 8.23. The fourth-order valence-electron chi connectivity index (χ4n) is 3.11. The summed E-state index contributed by atoms with van der Waals surface area (Å²) in [5.74, 6) is 0.446. The second-order valence-electron chi connectivity index (χ2n) is 8.04. The molecule has 1 aliphatic heterocycles. The molecule has 0 fully saturated rings. The average Bonchev–Trinajstić information content (AvgIpc) is 3.17. The summed E-state index contributed by atoms with van der Waals surface area (Å²) in [5, 5.41) is 2.48. The van der Waals surface area contributed by atoms with Gasteiger partial charge in [0.15, 0.2) is 0 Å². The maximum absolute atomic E-state index is 12.0. The molecule has 0 aliphatic carbocycles.